The van der Waals surface area contributed by atoms with Crippen LogP contribution in [0.4, 0.5) is 0 Å². The van der Waals surface area contributed by atoms with E-state index in [2.05, 4.69) is 15.9 Å². The van der Waals surface area contributed by atoms with Gasteiger partial charge in [0, 0.05) is 31.4 Å². The molecule has 0 radical (unpaired) electrons. The van der Waals surface area contributed by atoms with Crippen LogP contribution in [-0.2, 0) is 9.53 Å². The quantitative estimate of drug-likeness (QED) is 0.479. The van der Waals surface area contributed by atoms with Crippen molar-refractivity contribution in [2.75, 3.05) is 18.5 Å². The highest BCUT2D eigenvalue weighted by Crippen LogP contribution is 2.00. The van der Waals surface area contributed by atoms with Gasteiger partial charge in [0.2, 0.25) is 0 Å². The molecule has 0 bridgehead atoms. The van der Waals surface area contributed by atoms with E-state index in [1.54, 1.807) is 0 Å². The van der Waals surface area contributed by atoms with Gasteiger partial charge in [0.25, 0.3) is 0 Å². The summed E-state index contributed by atoms with van der Waals surface area (Å²) in [6, 6.07) is 0. The van der Waals surface area contributed by atoms with Gasteiger partial charge >= 0.3 is 0 Å². The zero-order valence-electron chi connectivity index (χ0n) is 7.64. The third kappa shape index (κ3) is 8.21. The van der Waals surface area contributed by atoms with Crippen LogP contribution < -0.4 is 0 Å². The summed E-state index contributed by atoms with van der Waals surface area (Å²) in [5.74, 6) is 0.356. The number of rotatable bonds is 8. The summed E-state index contributed by atoms with van der Waals surface area (Å²) in [7, 11) is 0. The van der Waals surface area contributed by atoms with Crippen molar-refractivity contribution in [2.24, 2.45) is 0 Å². The maximum Gasteiger partial charge on any atom is 0.133 e. The van der Waals surface area contributed by atoms with Crippen LogP contribution in [0.3, 0.4) is 0 Å². The van der Waals surface area contributed by atoms with E-state index in [4.69, 9.17) is 4.74 Å². The third-order valence-corrected chi connectivity index (χ3v) is 2.10. The zero-order chi connectivity index (χ0) is 9.23. The molecule has 3 heteroatoms. The highest BCUT2D eigenvalue weighted by molar-refractivity contribution is 9.09. The monoisotopic (exact) mass is 236 g/mol. The van der Waals surface area contributed by atoms with Crippen LogP contribution in [0.25, 0.3) is 0 Å². The van der Waals surface area contributed by atoms with Gasteiger partial charge in [-0.2, -0.15) is 0 Å². The average Bonchev–Trinajstić information content (AvgIpc) is 2.09. The standard InChI is InChI=1S/C9H17BrO2/c1-2-12-8-4-6-9(11)5-3-7-10/h2-8H2,1H3. The van der Waals surface area contributed by atoms with Gasteiger partial charge in [-0.1, -0.05) is 15.9 Å². The van der Waals surface area contributed by atoms with Crippen LogP contribution in [-0.4, -0.2) is 24.3 Å². The molecule has 0 aromatic heterocycles. The Kier molecular flexibility index (Phi) is 9.28. The molecule has 0 aromatic rings. The molecule has 0 heterocycles. The molecule has 0 amide bonds. The van der Waals surface area contributed by atoms with Crippen molar-refractivity contribution in [3.05, 3.63) is 0 Å². The lowest BCUT2D eigenvalue weighted by Gasteiger charge is -2.00. The van der Waals surface area contributed by atoms with Crippen LogP contribution in [0.2, 0.25) is 0 Å². The van der Waals surface area contributed by atoms with Gasteiger partial charge in [-0.05, 0) is 19.8 Å². The lowest BCUT2D eigenvalue weighted by Crippen LogP contribution is -2.01. The number of ketones is 1. The SMILES string of the molecule is CCOCCCC(=O)CCCBr. The largest absolute Gasteiger partial charge is 0.382 e. The molecule has 12 heavy (non-hydrogen) atoms. The molecule has 0 spiro atoms. The fourth-order valence-corrected chi connectivity index (χ4v) is 1.19. The Hall–Kier alpha value is 0.110. The number of hydrogen-bond acceptors (Lipinski definition) is 2. The van der Waals surface area contributed by atoms with Crippen LogP contribution in [0, 0.1) is 0 Å². The molecule has 2 nitrogen and oxygen atoms in total. The molecular formula is C9H17BrO2. The van der Waals surface area contributed by atoms with Gasteiger partial charge < -0.3 is 4.74 Å². The van der Waals surface area contributed by atoms with Crippen molar-refractivity contribution in [1.82, 2.24) is 0 Å². The predicted molar refractivity (Wildman–Crippen MR) is 53.8 cm³/mol. The van der Waals surface area contributed by atoms with Crippen molar-refractivity contribution in [1.29, 1.82) is 0 Å². The van der Waals surface area contributed by atoms with E-state index in [0.29, 0.717) is 18.6 Å². The first-order valence-corrected chi connectivity index (χ1v) is 5.58. The number of hydrogen-bond donors (Lipinski definition) is 0. The van der Waals surface area contributed by atoms with Crippen molar-refractivity contribution >= 4 is 21.7 Å². The maximum absolute atomic E-state index is 11.1. The second-order valence-corrected chi connectivity index (χ2v) is 3.42. The first kappa shape index (κ1) is 12.1. The normalized spacial score (nSPS) is 10.2. The second-order valence-electron chi connectivity index (χ2n) is 2.63. The van der Waals surface area contributed by atoms with Crippen LogP contribution in [0.15, 0.2) is 0 Å². The number of carbonyl (C=O) groups excluding carboxylic acids is 1. The highest BCUT2D eigenvalue weighted by Gasteiger charge is 2.00. The summed E-state index contributed by atoms with van der Waals surface area (Å²) in [6.07, 6.45) is 3.20. The van der Waals surface area contributed by atoms with E-state index >= 15 is 0 Å². The van der Waals surface area contributed by atoms with E-state index in [-0.39, 0.29) is 0 Å². The highest BCUT2D eigenvalue weighted by atomic mass is 79.9. The number of halogens is 1. The Morgan fingerprint density at radius 1 is 1.33 bits per heavy atom. The smallest absolute Gasteiger partial charge is 0.133 e. The Balaban J connectivity index is 3.08. The van der Waals surface area contributed by atoms with Gasteiger partial charge in [-0.3, -0.25) is 4.79 Å². The molecular weight excluding hydrogens is 220 g/mol. The molecule has 0 rings (SSSR count). The van der Waals surface area contributed by atoms with E-state index in [1.165, 1.54) is 0 Å². The number of ether oxygens (including phenoxy) is 1. The summed E-state index contributed by atoms with van der Waals surface area (Å²) < 4.78 is 5.13. The summed E-state index contributed by atoms with van der Waals surface area (Å²) in [5, 5.41) is 0.921. The molecule has 0 fully saturated rings. The minimum Gasteiger partial charge on any atom is -0.382 e. The Morgan fingerprint density at radius 3 is 2.58 bits per heavy atom. The molecule has 0 unspecified atom stereocenters. The second kappa shape index (κ2) is 9.20. The van der Waals surface area contributed by atoms with E-state index in [0.717, 1.165) is 31.4 Å². The fraction of sp³-hybridized carbons (Fsp3) is 0.889. The molecule has 0 N–H and O–H groups in total. The lowest BCUT2D eigenvalue weighted by molar-refractivity contribution is -0.119. The average molecular weight is 237 g/mol. The van der Waals surface area contributed by atoms with Crippen molar-refractivity contribution < 1.29 is 9.53 Å². The van der Waals surface area contributed by atoms with E-state index < -0.39 is 0 Å². The minimum absolute atomic E-state index is 0.356. The topological polar surface area (TPSA) is 26.3 Å². The third-order valence-electron chi connectivity index (χ3n) is 1.54. The fourth-order valence-electron chi connectivity index (χ4n) is 0.905. The molecule has 0 saturated heterocycles. The number of Topliss-reactive ketones (excluding diaryl/α,β-unsaturated/α-hetero) is 1. The maximum atomic E-state index is 11.1. The Bertz CT molecular complexity index is 115. The van der Waals surface area contributed by atoms with E-state index in [1.807, 2.05) is 6.92 Å². The first-order valence-electron chi connectivity index (χ1n) is 4.46. The molecule has 72 valence electrons. The molecule has 0 atom stereocenters. The summed E-state index contributed by atoms with van der Waals surface area (Å²) >= 11 is 3.29. The Morgan fingerprint density at radius 2 is 2.00 bits per heavy atom. The van der Waals surface area contributed by atoms with Crippen molar-refractivity contribution in [3.63, 3.8) is 0 Å². The van der Waals surface area contributed by atoms with Crippen molar-refractivity contribution in [2.45, 2.75) is 32.6 Å². The predicted octanol–water partition coefficient (Wildman–Crippen LogP) is 2.55. The van der Waals surface area contributed by atoms with Gasteiger partial charge in [0.15, 0.2) is 0 Å². The van der Waals surface area contributed by atoms with Gasteiger partial charge in [0.1, 0.15) is 5.78 Å². The van der Waals surface area contributed by atoms with Crippen molar-refractivity contribution in [3.8, 4) is 0 Å². The van der Waals surface area contributed by atoms with Crippen LogP contribution in [0.1, 0.15) is 32.6 Å². The van der Waals surface area contributed by atoms with Crippen LogP contribution in [0.5, 0.6) is 0 Å². The van der Waals surface area contributed by atoms with E-state index in [9.17, 15) is 4.79 Å². The number of carbonyl (C=O) groups is 1. The zero-order valence-corrected chi connectivity index (χ0v) is 9.23. The molecule has 0 aliphatic rings. The summed E-state index contributed by atoms with van der Waals surface area (Å²) in [6.45, 7) is 3.43. The summed E-state index contributed by atoms with van der Waals surface area (Å²) in [4.78, 5) is 11.1. The van der Waals surface area contributed by atoms with Gasteiger partial charge in [-0.25, -0.2) is 0 Å². The molecule has 0 aliphatic carbocycles. The lowest BCUT2D eigenvalue weighted by atomic mass is 10.1. The van der Waals surface area contributed by atoms with Gasteiger partial charge in [0.05, 0.1) is 0 Å². The first-order chi connectivity index (χ1) is 5.81. The molecule has 0 saturated carbocycles. The minimum atomic E-state index is 0.356. The molecule has 0 aliphatic heterocycles. The van der Waals surface area contributed by atoms with Crippen LogP contribution >= 0.6 is 15.9 Å². The number of alkyl halides is 1. The van der Waals surface area contributed by atoms with Gasteiger partial charge in [-0.15, -0.1) is 0 Å². The molecule has 0 aromatic carbocycles. The Labute approximate surface area is 82.8 Å². The summed E-state index contributed by atoms with van der Waals surface area (Å²) in [5.41, 5.74) is 0.